The van der Waals surface area contributed by atoms with Crippen LogP contribution in [0.1, 0.15) is 5.56 Å². The zero-order valence-electron chi connectivity index (χ0n) is 6.28. The Hall–Kier alpha value is -1.88. The lowest BCUT2D eigenvalue weighted by atomic mass is 10.2. The van der Waals surface area contributed by atoms with Crippen LogP contribution in [0.4, 0.5) is 0 Å². The van der Waals surface area contributed by atoms with Crippen LogP contribution in [0.3, 0.4) is 0 Å². The predicted molar refractivity (Wildman–Crippen MR) is 46.3 cm³/mol. The van der Waals surface area contributed by atoms with Gasteiger partial charge in [0.25, 0.3) is 0 Å². The van der Waals surface area contributed by atoms with Crippen molar-refractivity contribution >= 4 is 11.0 Å². The Morgan fingerprint density at radius 3 is 3.25 bits per heavy atom. The molecule has 0 saturated heterocycles. The Bertz CT molecular complexity index is 455. The molecule has 0 bridgehead atoms. The van der Waals surface area contributed by atoms with Crippen molar-refractivity contribution in [3.63, 3.8) is 0 Å². The summed E-state index contributed by atoms with van der Waals surface area (Å²) in [7, 11) is 0. The second-order valence-electron chi connectivity index (χ2n) is 2.36. The van der Waals surface area contributed by atoms with Crippen LogP contribution in [-0.2, 0) is 0 Å². The van der Waals surface area contributed by atoms with Crippen molar-refractivity contribution in [2.75, 3.05) is 0 Å². The van der Waals surface area contributed by atoms with Gasteiger partial charge in [0.05, 0.1) is 6.20 Å². The summed E-state index contributed by atoms with van der Waals surface area (Å²) in [5.41, 5.74) is 1.45. The molecule has 2 aromatic heterocycles. The number of rotatable bonds is 0. The van der Waals surface area contributed by atoms with Crippen LogP contribution in [0.2, 0.25) is 0 Å². The summed E-state index contributed by atoms with van der Waals surface area (Å²) in [6.45, 7) is 0. The Morgan fingerprint density at radius 2 is 2.42 bits per heavy atom. The third-order valence-corrected chi connectivity index (χ3v) is 1.57. The van der Waals surface area contributed by atoms with Gasteiger partial charge in [0.15, 0.2) is 5.65 Å². The number of terminal acetylenes is 1. The van der Waals surface area contributed by atoms with E-state index < -0.39 is 0 Å². The molecule has 12 heavy (non-hydrogen) atoms. The third-order valence-electron chi connectivity index (χ3n) is 1.57. The molecule has 0 atom stereocenters. The number of pyridine rings is 2. The van der Waals surface area contributed by atoms with Crippen LogP contribution in [0, 0.1) is 18.5 Å². The summed E-state index contributed by atoms with van der Waals surface area (Å²) in [4.78, 5) is 8.02. The molecule has 0 N–H and O–H groups in total. The van der Waals surface area contributed by atoms with E-state index in [1.807, 2.05) is 12.1 Å². The SMILES string of the molecule is C#Cc1cnc2n[c]ccc2c1. The van der Waals surface area contributed by atoms with E-state index in [4.69, 9.17) is 6.42 Å². The van der Waals surface area contributed by atoms with E-state index in [9.17, 15) is 0 Å². The first kappa shape index (κ1) is 6.81. The minimum absolute atomic E-state index is 0.677. The van der Waals surface area contributed by atoms with Crippen molar-refractivity contribution in [3.8, 4) is 12.3 Å². The molecule has 2 nitrogen and oxygen atoms in total. The van der Waals surface area contributed by atoms with Gasteiger partial charge in [0.2, 0.25) is 0 Å². The fraction of sp³-hybridized carbons (Fsp3) is 0. The average molecular weight is 153 g/mol. The molecule has 0 amide bonds. The van der Waals surface area contributed by atoms with Crippen LogP contribution >= 0.6 is 0 Å². The average Bonchev–Trinajstić information content (AvgIpc) is 2.17. The lowest BCUT2D eigenvalue weighted by Crippen LogP contribution is -1.84. The molecule has 1 radical (unpaired) electrons. The fourth-order valence-electron chi connectivity index (χ4n) is 0.995. The second-order valence-corrected chi connectivity index (χ2v) is 2.36. The highest BCUT2D eigenvalue weighted by molar-refractivity contribution is 5.75. The van der Waals surface area contributed by atoms with Gasteiger partial charge in [-0.05, 0) is 18.2 Å². The van der Waals surface area contributed by atoms with Gasteiger partial charge in [-0.25, -0.2) is 9.97 Å². The summed E-state index contributed by atoms with van der Waals surface area (Å²) in [6.07, 6.45) is 9.56. The summed E-state index contributed by atoms with van der Waals surface area (Å²) in [5, 5.41) is 0.948. The summed E-state index contributed by atoms with van der Waals surface area (Å²) in [5.74, 6) is 2.52. The van der Waals surface area contributed by atoms with Crippen molar-refractivity contribution in [2.24, 2.45) is 0 Å². The van der Waals surface area contributed by atoms with Gasteiger partial charge >= 0.3 is 0 Å². The maximum Gasteiger partial charge on any atom is 0.159 e. The van der Waals surface area contributed by atoms with E-state index >= 15 is 0 Å². The fourth-order valence-corrected chi connectivity index (χ4v) is 0.995. The molecule has 0 aliphatic rings. The standard InChI is InChI=1S/C10H5N2/c1-2-8-6-9-4-3-5-11-10(9)12-7-8/h1,3-4,6-7H. The van der Waals surface area contributed by atoms with Crippen molar-refractivity contribution in [1.82, 2.24) is 9.97 Å². The van der Waals surface area contributed by atoms with Gasteiger partial charge in [-0.3, -0.25) is 0 Å². The van der Waals surface area contributed by atoms with E-state index in [0.29, 0.717) is 5.65 Å². The first-order valence-corrected chi connectivity index (χ1v) is 3.49. The number of fused-ring (bicyclic) bond motifs is 1. The highest BCUT2D eigenvalue weighted by Crippen LogP contribution is 2.08. The van der Waals surface area contributed by atoms with Gasteiger partial charge < -0.3 is 0 Å². The zero-order valence-corrected chi connectivity index (χ0v) is 6.28. The molecule has 0 aliphatic carbocycles. The molecule has 0 aromatic carbocycles. The topological polar surface area (TPSA) is 25.8 Å². The summed E-state index contributed by atoms with van der Waals surface area (Å²) in [6, 6.07) is 5.50. The van der Waals surface area contributed by atoms with Gasteiger partial charge in [0, 0.05) is 17.1 Å². The number of hydrogen-bond donors (Lipinski definition) is 0. The van der Waals surface area contributed by atoms with E-state index in [1.54, 1.807) is 12.3 Å². The first-order valence-electron chi connectivity index (χ1n) is 3.49. The number of aromatic nitrogens is 2. The van der Waals surface area contributed by atoms with Crippen molar-refractivity contribution in [2.45, 2.75) is 0 Å². The molecule has 2 heteroatoms. The second kappa shape index (κ2) is 2.63. The Morgan fingerprint density at radius 1 is 1.50 bits per heavy atom. The first-order chi connectivity index (χ1) is 5.90. The van der Waals surface area contributed by atoms with Crippen LogP contribution in [0.15, 0.2) is 24.4 Å². The molecule has 0 saturated carbocycles. The van der Waals surface area contributed by atoms with Crippen molar-refractivity contribution < 1.29 is 0 Å². The van der Waals surface area contributed by atoms with E-state index in [-0.39, 0.29) is 0 Å². The van der Waals surface area contributed by atoms with Gasteiger partial charge in [0.1, 0.15) is 0 Å². The maximum absolute atomic E-state index is 5.22. The normalized spacial score (nSPS) is 9.58. The maximum atomic E-state index is 5.22. The number of hydrogen-bond acceptors (Lipinski definition) is 2. The van der Waals surface area contributed by atoms with Crippen LogP contribution in [0.5, 0.6) is 0 Å². The molecule has 55 valence electrons. The molecule has 2 aromatic rings. The lowest BCUT2D eigenvalue weighted by molar-refractivity contribution is 1.27. The summed E-state index contributed by atoms with van der Waals surface area (Å²) >= 11 is 0. The summed E-state index contributed by atoms with van der Waals surface area (Å²) < 4.78 is 0. The van der Waals surface area contributed by atoms with E-state index in [0.717, 1.165) is 10.9 Å². The smallest absolute Gasteiger partial charge is 0.159 e. The van der Waals surface area contributed by atoms with Gasteiger partial charge in [-0.1, -0.05) is 5.92 Å². The molecule has 0 unspecified atom stereocenters. The predicted octanol–water partition coefficient (Wildman–Crippen LogP) is 1.41. The number of nitrogens with zero attached hydrogens (tertiary/aromatic N) is 2. The van der Waals surface area contributed by atoms with Gasteiger partial charge in [-0.2, -0.15) is 0 Å². The van der Waals surface area contributed by atoms with E-state index in [1.165, 1.54) is 0 Å². The quantitative estimate of drug-likeness (QED) is 0.535. The molecule has 2 heterocycles. The van der Waals surface area contributed by atoms with Crippen LogP contribution in [0.25, 0.3) is 11.0 Å². The van der Waals surface area contributed by atoms with Crippen molar-refractivity contribution in [1.29, 1.82) is 0 Å². The molecular formula is C10H5N2. The third kappa shape index (κ3) is 1.02. The monoisotopic (exact) mass is 153 g/mol. The zero-order chi connectivity index (χ0) is 8.39. The van der Waals surface area contributed by atoms with Crippen LogP contribution in [-0.4, -0.2) is 9.97 Å². The Kier molecular flexibility index (Phi) is 1.49. The minimum Gasteiger partial charge on any atom is -0.235 e. The molecule has 2 rings (SSSR count). The largest absolute Gasteiger partial charge is 0.235 e. The highest BCUT2D eigenvalue weighted by atomic mass is 14.8. The van der Waals surface area contributed by atoms with Gasteiger partial charge in [-0.15, -0.1) is 6.42 Å². The van der Waals surface area contributed by atoms with Crippen molar-refractivity contribution in [3.05, 3.63) is 36.2 Å². The Balaban J connectivity index is 2.78. The molecule has 0 fully saturated rings. The highest BCUT2D eigenvalue weighted by Gasteiger charge is 1.94. The molecular weight excluding hydrogens is 148 g/mol. The Labute approximate surface area is 70.3 Å². The van der Waals surface area contributed by atoms with E-state index in [2.05, 4.69) is 22.1 Å². The molecule has 0 aliphatic heterocycles. The molecule has 0 spiro atoms. The van der Waals surface area contributed by atoms with Crippen LogP contribution < -0.4 is 0 Å². The lowest BCUT2D eigenvalue weighted by Gasteiger charge is -1.94. The minimum atomic E-state index is 0.677.